The van der Waals surface area contributed by atoms with Crippen molar-refractivity contribution in [3.8, 4) is 0 Å². The Bertz CT molecular complexity index is 441. The summed E-state index contributed by atoms with van der Waals surface area (Å²) in [6.07, 6.45) is 3.82. The zero-order valence-corrected chi connectivity index (χ0v) is 12.5. The minimum absolute atomic E-state index is 0.0724. The van der Waals surface area contributed by atoms with E-state index >= 15 is 0 Å². The predicted molar refractivity (Wildman–Crippen MR) is 78.4 cm³/mol. The average molecular weight is 263 g/mol. The van der Waals surface area contributed by atoms with E-state index < -0.39 is 0 Å². The van der Waals surface area contributed by atoms with Gasteiger partial charge in [0.15, 0.2) is 0 Å². The van der Waals surface area contributed by atoms with Gasteiger partial charge >= 0.3 is 0 Å². The predicted octanol–water partition coefficient (Wildman–Crippen LogP) is 1.80. The second-order valence-electron chi connectivity index (χ2n) is 5.96. The minimum atomic E-state index is 0.0724. The van der Waals surface area contributed by atoms with E-state index in [1.165, 1.54) is 19.3 Å². The van der Waals surface area contributed by atoms with Crippen LogP contribution in [0.3, 0.4) is 0 Å². The normalized spacial score (nSPS) is 17.4. The van der Waals surface area contributed by atoms with Crippen LogP contribution in [-0.2, 0) is 6.61 Å². The molecule has 1 aliphatic rings. The van der Waals surface area contributed by atoms with Crippen LogP contribution in [0.15, 0.2) is 12.1 Å². The molecule has 1 aromatic heterocycles. The molecule has 0 amide bonds. The molecule has 0 aromatic carbocycles. The fourth-order valence-corrected chi connectivity index (χ4v) is 2.86. The highest BCUT2D eigenvalue weighted by molar-refractivity contribution is 5.42. The number of aromatic nitrogens is 1. The van der Waals surface area contributed by atoms with Crippen molar-refractivity contribution in [1.29, 1.82) is 0 Å². The van der Waals surface area contributed by atoms with Gasteiger partial charge in [0.1, 0.15) is 5.82 Å². The number of likely N-dealkylation sites (N-methyl/N-ethyl adjacent to an activating group) is 2. The summed E-state index contributed by atoms with van der Waals surface area (Å²) < 4.78 is 0. The molecule has 1 saturated carbocycles. The van der Waals surface area contributed by atoms with Gasteiger partial charge in [-0.25, -0.2) is 4.98 Å². The van der Waals surface area contributed by atoms with Crippen molar-refractivity contribution in [2.24, 2.45) is 0 Å². The quantitative estimate of drug-likeness (QED) is 0.879. The molecule has 4 nitrogen and oxygen atoms in total. The molecule has 0 atom stereocenters. The number of aliphatic hydroxyl groups is 1. The lowest BCUT2D eigenvalue weighted by molar-refractivity contribution is 0.0681. The van der Waals surface area contributed by atoms with Crippen LogP contribution >= 0.6 is 0 Å². The molecule has 0 radical (unpaired) electrons. The zero-order chi connectivity index (χ0) is 14.0. The number of hydrogen-bond acceptors (Lipinski definition) is 4. The number of rotatable bonds is 5. The summed E-state index contributed by atoms with van der Waals surface area (Å²) in [6, 6.07) is 3.91. The van der Waals surface area contributed by atoms with Crippen molar-refractivity contribution in [2.75, 3.05) is 32.6 Å². The van der Waals surface area contributed by atoms with Crippen LogP contribution in [-0.4, -0.2) is 48.2 Å². The second kappa shape index (κ2) is 5.47. The lowest BCUT2D eigenvalue weighted by Crippen LogP contribution is -2.56. The van der Waals surface area contributed by atoms with Crippen LogP contribution in [0.5, 0.6) is 0 Å². The van der Waals surface area contributed by atoms with Gasteiger partial charge in [-0.3, -0.25) is 0 Å². The summed E-state index contributed by atoms with van der Waals surface area (Å²) >= 11 is 0. The molecule has 2 rings (SSSR count). The monoisotopic (exact) mass is 263 g/mol. The minimum Gasteiger partial charge on any atom is -0.392 e. The van der Waals surface area contributed by atoms with Crippen molar-refractivity contribution in [1.82, 2.24) is 9.88 Å². The van der Waals surface area contributed by atoms with Gasteiger partial charge in [-0.2, -0.15) is 0 Å². The van der Waals surface area contributed by atoms with E-state index in [2.05, 4.69) is 35.9 Å². The van der Waals surface area contributed by atoms with Gasteiger partial charge in [0.2, 0.25) is 0 Å². The molecule has 106 valence electrons. The number of nitrogens with zero attached hydrogens (tertiary/aromatic N) is 3. The van der Waals surface area contributed by atoms with Gasteiger partial charge in [0, 0.05) is 24.8 Å². The molecule has 1 fully saturated rings. The van der Waals surface area contributed by atoms with Crippen LogP contribution in [0.1, 0.15) is 30.5 Å². The number of hydrogen-bond donors (Lipinski definition) is 1. The molecule has 0 aliphatic heterocycles. The first-order valence-corrected chi connectivity index (χ1v) is 6.94. The third-order valence-corrected chi connectivity index (χ3v) is 4.34. The number of aryl methyl sites for hydroxylation is 1. The summed E-state index contributed by atoms with van der Waals surface area (Å²) in [5.74, 6) is 0.956. The summed E-state index contributed by atoms with van der Waals surface area (Å²) in [5.41, 5.74) is 2.18. The average Bonchev–Trinajstić information content (AvgIpc) is 2.32. The van der Waals surface area contributed by atoms with E-state index in [1.807, 2.05) is 19.1 Å². The fourth-order valence-electron chi connectivity index (χ4n) is 2.86. The van der Waals surface area contributed by atoms with Crippen molar-refractivity contribution in [2.45, 2.75) is 38.3 Å². The third kappa shape index (κ3) is 2.90. The summed E-state index contributed by atoms with van der Waals surface area (Å²) in [4.78, 5) is 9.14. The largest absolute Gasteiger partial charge is 0.392 e. The first kappa shape index (κ1) is 14.3. The first-order chi connectivity index (χ1) is 8.97. The van der Waals surface area contributed by atoms with Gasteiger partial charge in [-0.05, 0) is 58.0 Å². The molecule has 0 unspecified atom stereocenters. The van der Waals surface area contributed by atoms with Gasteiger partial charge in [0.05, 0.1) is 6.61 Å². The summed E-state index contributed by atoms with van der Waals surface area (Å²) in [6.45, 7) is 3.03. The molecule has 1 aliphatic carbocycles. The van der Waals surface area contributed by atoms with Crippen LogP contribution in [0, 0.1) is 6.92 Å². The van der Waals surface area contributed by atoms with E-state index in [1.54, 1.807) is 0 Å². The Labute approximate surface area is 116 Å². The Morgan fingerprint density at radius 1 is 1.26 bits per heavy atom. The Morgan fingerprint density at radius 2 is 1.95 bits per heavy atom. The van der Waals surface area contributed by atoms with Crippen molar-refractivity contribution in [3.05, 3.63) is 23.4 Å². The lowest BCUT2D eigenvalue weighted by Gasteiger charge is -2.49. The highest BCUT2D eigenvalue weighted by Gasteiger charge is 2.40. The summed E-state index contributed by atoms with van der Waals surface area (Å²) in [5, 5.41) is 9.29. The molecule has 0 bridgehead atoms. The van der Waals surface area contributed by atoms with Gasteiger partial charge in [0.25, 0.3) is 0 Å². The Balaban J connectivity index is 2.15. The fraction of sp³-hybridized carbons (Fsp3) is 0.667. The maximum absolute atomic E-state index is 9.29. The Morgan fingerprint density at radius 3 is 2.42 bits per heavy atom. The van der Waals surface area contributed by atoms with Crippen LogP contribution < -0.4 is 4.90 Å². The van der Waals surface area contributed by atoms with Gasteiger partial charge < -0.3 is 14.9 Å². The zero-order valence-electron chi connectivity index (χ0n) is 12.5. The Kier molecular flexibility index (Phi) is 4.11. The lowest BCUT2D eigenvalue weighted by atomic mass is 9.75. The van der Waals surface area contributed by atoms with Crippen molar-refractivity contribution >= 4 is 5.82 Å². The first-order valence-electron chi connectivity index (χ1n) is 6.94. The maximum Gasteiger partial charge on any atom is 0.128 e. The molecule has 1 N–H and O–H groups in total. The summed E-state index contributed by atoms with van der Waals surface area (Å²) in [7, 11) is 6.41. The maximum atomic E-state index is 9.29. The molecule has 1 aromatic rings. The molecule has 1 heterocycles. The SMILES string of the molecule is Cc1cc(CO)cc(N(C)CC2(N(C)C)CCC2)n1. The Hall–Kier alpha value is -1.13. The van der Waals surface area contributed by atoms with Crippen LogP contribution in [0.25, 0.3) is 0 Å². The van der Waals surface area contributed by atoms with Crippen molar-refractivity contribution < 1.29 is 5.11 Å². The highest BCUT2D eigenvalue weighted by Crippen LogP contribution is 2.37. The van der Waals surface area contributed by atoms with Crippen LogP contribution in [0.4, 0.5) is 5.82 Å². The number of aliphatic hydroxyl groups excluding tert-OH is 1. The van der Waals surface area contributed by atoms with Crippen molar-refractivity contribution in [3.63, 3.8) is 0 Å². The molecule has 4 heteroatoms. The van der Waals surface area contributed by atoms with E-state index in [-0.39, 0.29) is 6.61 Å². The smallest absolute Gasteiger partial charge is 0.128 e. The molecule has 0 saturated heterocycles. The topological polar surface area (TPSA) is 39.6 Å². The van der Waals surface area contributed by atoms with E-state index in [9.17, 15) is 5.11 Å². The van der Waals surface area contributed by atoms with E-state index in [4.69, 9.17) is 0 Å². The molecular formula is C15H25N3O. The van der Waals surface area contributed by atoms with Crippen LogP contribution in [0.2, 0.25) is 0 Å². The van der Waals surface area contributed by atoms with E-state index in [0.717, 1.165) is 23.6 Å². The molecular weight excluding hydrogens is 238 g/mol. The van der Waals surface area contributed by atoms with E-state index in [0.29, 0.717) is 5.54 Å². The number of anilines is 1. The molecule has 19 heavy (non-hydrogen) atoms. The number of pyridine rings is 1. The highest BCUT2D eigenvalue weighted by atomic mass is 16.3. The van der Waals surface area contributed by atoms with Gasteiger partial charge in [-0.1, -0.05) is 0 Å². The standard InChI is InChI=1S/C15H25N3O/c1-12-8-13(10-19)9-14(16-12)18(4)11-15(17(2)3)6-5-7-15/h8-9,19H,5-7,10-11H2,1-4H3. The third-order valence-electron chi connectivity index (χ3n) is 4.34. The molecule has 0 spiro atoms. The van der Waals surface area contributed by atoms with Gasteiger partial charge in [-0.15, -0.1) is 0 Å². The second-order valence-corrected chi connectivity index (χ2v) is 5.96.